The van der Waals surface area contributed by atoms with Gasteiger partial charge in [-0.3, -0.25) is 5.43 Å². The highest BCUT2D eigenvalue weighted by atomic mass is 15.5. The topological polar surface area (TPSA) is 41.9 Å². The fourth-order valence-electron chi connectivity index (χ4n) is 2.76. The van der Waals surface area contributed by atoms with Crippen molar-refractivity contribution in [2.45, 2.75) is 6.54 Å². The Morgan fingerprint density at radius 1 is 0.857 bits per heavy atom. The average Bonchev–Trinajstić information content (AvgIpc) is 2.96. The Balaban J connectivity index is 1.96. The molecule has 0 spiro atoms. The predicted molar refractivity (Wildman–Crippen MR) is 84.7 cm³/mol. The van der Waals surface area contributed by atoms with E-state index in [-0.39, 0.29) is 0 Å². The summed E-state index contributed by atoms with van der Waals surface area (Å²) >= 11 is 0. The van der Waals surface area contributed by atoms with Crippen LogP contribution in [0.5, 0.6) is 0 Å². The summed E-state index contributed by atoms with van der Waals surface area (Å²) < 4.78 is 2.24. The molecule has 0 radical (unpaired) electrons. The van der Waals surface area contributed by atoms with Gasteiger partial charge in [0.2, 0.25) is 5.95 Å². The third kappa shape index (κ3) is 2.10. The number of nitrogens with one attached hydrogen (secondary N) is 2. The summed E-state index contributed by atoms with van der Waals surface area (Å²) in [5.74, 6) is 0.874. The van der Waals surface area contributed by atoms with Gasteiger partial charge in [0.05, 0.1) is 11.4 Å². The molecule has 3 aromatic rings. The van der Waals surface area contributed by atoms with Gasteiger partial charge in [0.1, 0.15) is 0 Å². The predicted octanol–water partition coefficient (Wildman–Crippen LogP) is 3.15. The number of hydrazine groups is 1. The number of rotatable bonds is 2. The number of anilines is 1. The van der Waals surface area contributed by atoms with Crippen molar-refractivity contribution in [1.82, 2.24) is 15.0 Å². The number of aromatic nitrogens is 2. The molecule has 0 amide bonds. The monoisotopic (exact) mass is 276 g/mol. The first-order valence-corrected chi connectivity index (χ1v) is 7.14. The van der Waals surface area contributed by atoms with Crippen LogP contribution in [0.25, 0.3) is 22.5 Å². The second-order valence-corrected chi connectivity index (χ2v) is 5.07. The zero-order valence-electron chi connectivity index (χ0n) is 11.6. The molecule has 0 aliphatic carbocycles. The van der Waals surface area contributed by atoms with Crippen LogP contribution in [0.3, 0.4) is 0 Å². The number of benzene rings is 2. The van der Waals surface area contributed by atoms with E-state index in [0.29, 0.717) is 0 Å². The molecule has 104 valence electrons. The number of hydrogen-bond donors (Lipinski definition) is 2. The maximum absolute atomic E-state index is 4.79. The van der Waals surface area contributed by atoms with Gasteiger partial charge < -0.3 is 4.57 Å². The lowest BCUT2D eigenvalue weighted by atomic mass is 10.0. The highest BCUT2D eigenvalue weighted by molar-refractivity contribution is 5.80. The SMILES string of the molecule is c1ccc(-c2nc3n(c2-c2ccccc2)CCNN3)cc1. The van der Waals surface area contributed by atoms with Crippen LogP contribution in [0, 0.1) is 0 Å². The number of fused-ring (bicyclic) bond motifs is 1. The van der Waals surface area contributed by atoms with Crippen molar-refractivity contribution < 1.29 is 0 Å². The molecule has 0 saturated heterocycles. The molecule has 1 aliphatic rings. The molecule has 2 N–H and O–H groups in total. The van der Waals surface area contributed by atoms with Crippen LogP contribution in [0.2, 0.25) is 0 Å². The van der Waals surface area contributed by atoms with E-state index in [2.05, 4.69) is 51.8 Å². The summed E-state index contributed by atoms with van der Waals surface area (Å²) in [7, 11) is 0. The van der Waals surface area contributed by atoms with Crippen molar-refractivity contribution >= 4 is 5.95 Å². The molecule has 2 heterocycles. The van der Waals surface area contributed by atoms with E-state index in [0.717, 1.165) is 30.3 Å². The van der Waals surface area contributed by atoms with Gasteiger partial charge >= 0.3 is 0 Å². The van der Waals surface area contributed by atoms with E-state index in [9.17, 15) is 0 Å². The van der Waals surface area contributed by atoms with Crippen molar-refractivity contribution in [3.05, 3.63) is 60.7 Å². The molecule has 0 atom stereocenters. The molecule has 1 aromatic heterocycles. The maximum Gasteiger partial charge on any atom is 0.218 e. The Labute approximate surface area is 123 Å². The molecule has 2 aromatic carbocycles. The average molecular weight is 276 g/mol. The van der Waals surface area contributed by atoms with Gasteiger partial charge in [-0.05, 0) is 0 Å². The van der Waals surface area contributed by atoms with E-state index >= 15 is 0 Å². The summed E-state index contributed by atoms with van der Waals surface area (Å²) in [5, 5.41) is 0. The highest BCUT2D eigenvalue weighted by Crippen LogP contribution is 2.34. The molecule has 1 aliphatic heterocycles. The van der Waals surface area contributed by atoms with Crippen LogP contribution >= 0.6 is 0 Å². The quantitative estimate of drug-likeness (QED) is 0.755. The Morgan fingerprint density at radius 2 is 1.52 bits per heavy atom. The first-order valence-electron chi connectivity index (χ1n) is 7.14. The minimum absolute atomic E-state index is 0.874. The van der Waals surface area contributed by atoms with Gasteiger partial charge in [0.25, 0.3) is 0 Å². The Hall–Kier alpha value is -2.59. The van der Waals surface area contributed by atoms with Crippen LogP contribution in [-0.4, -0.2) is 16.1 Å². The molecular weight excluding hydrogens is 260 g/mol. The van der Waals surface area contributed by atoms with Crippen molar-refractivity contribution in [3.63, 3.8) is 0 Å². The largest absolute Gasteiger partial charge is 0.307 e. The van der Waals surface area contributed by atoms with E-state index in [1.54, 1.807) is 0 Å². The van der Waals surface area contributed by atoms with Crippen LogP contribution in [0.15, 0.2) is 60.7 Å². The van der Waals surface area contributed by atoms with Crippen molar-refractivity contribution in [2.24, 2.45) is 0 Å². The van der Waals surface area contributed by atoms with Gasteiger partial charge in [-0.15, -0.1) is 0 Å². The zero-order chi connectivity index (χ0) is 14.1. The van der Waals surface area contributed by atoms with Gasteiger partial charge in [0.15, 0.2) is 0 Å². The molecule has 0 bridgehead atoms. The van der Waals surface area contributed by atoms with E-state index < -0.39 is 0 Å². The number of imidazole rings is 1. The lowest BCUT2D eigenvalue weighted by molar-refractivity contribution is 0.597. The molecular formula is C17H16N4. The summed E-state index contributed by atoms with van der Waals surface area (Å²) in [5.41, 5.74) is 10.8. The minimum atomic E-state index is 0.874. The smallest absolute Gasteiger partial charge is 0.218 e. The van der Waals surface area contributed by atoms with Gasteiger partial charge in [-0.2, -0.15) is 0 Å². The van der Waals surface area contributed by atoms with Crippen molar-refractivity contribution in [1.29, 1.82) is 0 Å². The van der Waals surface area contributed by atoms with E-state index in [4.69, 9.17) is 4.98 Å². The number of nitrogens with zero attached hydrogens (tertiary/aromatic N) is 2. The number of hydrogen-bond acceptors (Lipinski definition) is 3. The molecule has 0 fully saturated rings. The molecule has 0 unspecified atom stereocenters. The molecule has 4 heteroatoms. The van der Waals surface area contributed by atoms with E-state index in [1.807, 2.05) is 24.3 Å². The second kappa shape index (κ2) is 5.07. The highest BCUT2D eigenvalue weighted by Gasteiger charge is 2.21. The van der Waals surface area contributed by atoms with Crippen LogP contribution in [-0.2, 0) is 6.54 Å². The van der Waals surface area contributed by atoms with Crippen molar-refractivity contribution in [2.75, 3.05) is 12.0 Å². The lowest BCUT2D eigenvalue weighted by Crippen LogP contribution is -2.33. The third-order valence-electron chi connectivity index (χ3n) is 3.72. The van der Waals surface area contributed by atoms with Gasteiger partial charge in [-0.25, -0.2) is 10.4 Å². The standard InChI is InChI=1S/C17H16N4/c1-3-7-13(8-4-1)15-16(14-9-5-2-6-10-14)21-12-11-18-20-17(21)19-15/h1-10,18H,11-12H2,(H,19,20). The third-order valence-corrected chi connectivity index (χ3v) is 3.72. The fraction of sp³-hybridized carbons (Fsp3) is 0.118. The zero-order valence-corrected chi connectivity index (χ0v) is 11.6. The first kappa shape index (κ1) is 12.2. The van der Waals surface area contributed by atoms with Crippen molar-refractivity contribution in [3.8, 4) is 22.5 Å². The first-order chi connectivity index (χ1) is 10.4. The van der Waals surface area contributed by atoms with Crippen LogP contribution < -0.4 is 10.9 Å². The summed E-state index contributed by atoms with van der Waals surface area (Å²) in [6.07, 6.45) is 0. The second-order valence-electron chi connectivity index (χ2n) is 5.07. The molecule has 21 heavy (non-hydrogen) atoms. The Morgan fingerprint density at radius 3 is 2.24 bits per heavy atom. The maximum atomic E-state index is 4.79. The normalized spacial score (nSPS) is 13.5. The van der Waals surface area contributed by atoms with E-state index in [1.165, 1.54) is 11.3 Å². The minimum Gasteiger partial charge on any atom is -0.307 e. The lowest BCUT2D eigenvalue weighted by Gasteiger charge is -2.19. The fourth-order valence-corrected chi connectivity index (χ4v) is 2.76. The Kier molecular flexibility index (Phi) is 2.94. The summed E-state index contributed by atoms with van der Waals surface area (Å²) in [6.45, 7) is 1.80. The summed E-state index contributed by atoms with van der Waals surface area (Å²) in [6, 6.07) is 20.8. The Bertz CT molecular complexity index is 747. The summed E-state index contributed by atoms with van der Waals surface area (Å²) in [4.78, 5) is 4.79. The molecule has 4 nitrogen and oxygen atoms in total. The molecule has 4 rings (SSSR count). The van der Waals surface area contributed by atoms with Crippen LogP contribution in [0.1, 0.15) is 0 Å². The van der Waals surface area contributed by atoms with Gasteiger partial charge in [0, 0.05) is 24.2 Å². The van der Waals surface area contributed by atoms with Gasteiger partial charge in [-0.1, -0.05) is 60.7 Å². The molecule has 0 saturated carbocycles. The van der Waals surface area contributed by atoms with Crippen LogP contribution in [0.4, 0.5) is 5.95 Å².